The Hall–Kier alpha value is -9.88. The fourth-order valence-electron chi connectivity index (χ4n) is 4.74. The number of hydrogen-bond donors (Lipinski definition) is 0. The summed E-state index contributed by atoms with van der Waals surface area (Å²) in [5.41, 5.74) is 0. The van der Waals surface area contributed by atoms with Crippen molar-refractivity contribution < 1.29 is 0 Å². The lowest BCUT2D eigenvalue weighted by Gasteiger charge is -1.77. The fraction of sp³-hybridized carbons (Fsp3) is 0.0130. The fourth-order valence-corrected chi connectivity index (χ4v) is 4.74. The van der Waals surface area contributed by atoms with Crippen LogP contribution in [0.5, 0.6) is 0 Å². The van der Waals surface area contributed by atoms with E-state index in [0.717, 1.165) is 0 Å². The lowest BCUT2D eigenvalue weighted by molar-refractivity contribution is 1.73. The highest BCUT2D eigenvalue weighted by Crippen LogP contribution is 1.93. The molecule has 0 aliphatic heterocycles. The molecular weight excluding hydrogens is 925 g/mol. The van der Waals surface area contributed by atoms with Crippen LogP contribution in [0.4, 0.5) is 0 Å². The van der Waals surface area contributed by atoms with E-state index >= 15 is 0 Å². The van der Waals surface area contributed by atoms with Crippen LogP contribution in [0.1, 0.15) is 6.92 Å². The average Bonchev–Trinajstić information content (AvgIpc) is 3.44. The molecule has 77 heavy (non-hydrogen) atoms. The zero-order chi connectivity index (χ0) is 55.0. The molecule has 0 saturated heterocycles. The van der Waals surface area contributed by atoms with Gasteiger partial charge in [-0.1, -0.05) is 462 Å². The van der Waals surface area contributed by atoms with Crippen LogP contribution in [0.2, 0.25) is 0 Å². The number of hydrogen-bond acceptors (Lipinski definition) is 0. The van der Waals surface area contributed by atoms with Gasteiger partial charge in [0, 0.05) is 0 Å². The third-order valence-electron chi connectivity index (χ3n) is 8.33. The molecule has 0 heteroatoms. The van der Waals surface area contributed by atoms with Crippen molar-refractivity contribution in [2.24, 2.45) is 0 Å². The van der Waals surface area contributed by atoms with E-state index in [1.54, 1.807) is 6.08 Å². The first-order valence-corrected chi connectivity index (χ1v) is 25.7. The maximum atomic E-state index is 3.63. The smallest absolute Gasteiger partial charge is 0.0467 e. The van der Waals surface area contributed by atoms with E-state index in [2.05, 4.69) is 6.58 Å². The molecule has 0 rings (SSSR count). The minimum absolute atomic E-state index is 1.75. The minimum Gasteiger partial charge on any atom is -0.0991 e. The Balaban J connectivity index is 4.10. The van der Waals surface area contributed by atoms with E-state index in [-0.39, 0.29) is 0 Å². The lowest BCUT2D eigenvalue weighted by Crippen LogP contribution is -1.55. The van der Waals surface area contributed by atoms with Crippen LogP contribution in [0.15, 0.2) is 462 Å². The molecule has 0 unspecified atom stereocenters. The highest BCUT2D eigenvalue weighted by molar-refractivity contribution is 5.29. The van der Waals surface area contributed by atoms with Gasteiger partial charge < -0.3 is 0 Å². The van der Waals surface area contributed by atoms with Crippen LogP contribution in [-0.4, -0.2) is 0 Å². The summed E-state index contributed by atoms with van der Waals surface area (Å²) in [5.74, 6) is 0. The molecule has 0 radical (unpaired) electrons. The van der Waals surface area contributed by atoms with E-state index < -0.39 is 0 Å². The number of rotatable bonds is 37. The molecule has 0 spiro atoms. The van der Waals surface area contributed by atoms with Crippen LogP contribution in [-0.2, 0) is 0 Å². The van der Waals surface area contributed by atoms with Crippen LogP contribution in [0.3, 0.4) is 0 Å². The van der Waals surface area contributed by atoms with Gasteiger partial charge in [0.15, 0.2) is 0 Å². The molecule has 388 valence electrons. The second-order valence-electron chi connectivity index (χ2n) is 14.6. The van der Waals surface area contributed by atoms with E-state index in [0.29, 0.717) is 0 Å². The van der Waals surface area contributed by atoms with Crippen molar-refractivity contribution in [3.05, 3.63) is 462 Å². The molecule has 0 fully saturated rings. The van der Waals surface area contributed by atoms with Crippen molar-refractivity contribution in [1.82, 2.24) is 0 Å². The normalized spacial score (nSPS) is 15.5. The highest BCUT2D eigenvalue weighted by atomic mass is 13.8. The summed E-state index contributed by atoms with van der Waals surface area (Å²) in [6.45, 7) is 5.63. The average molecular weight is 1010 g/mol. The van der Waals surface area contributed by atoms with E-state index in [9.17, 15) is 0 Å². The van der Waals surface area contributed by atoms with Crippen molar-refractivity contribution in [1.29, 1.82) is 0 Å². The topological polar surface area (TPSA) is 0 Å². The summed E-state index contributed by atoms with van der Waals surface area (Å²) in [5, 5.41) is 0. The van der Waals surface area contributed by atoms with Crippen LogP contribution in [0.25, 0.3) is 0 Å². The Morgan fingerprint density at radius 3 is 0.234 bits per heavy atom. The second-order valence-corrected chi connectivity index (χ2v) is 14.6. The molecule has 0 aromatic carbocycles. The third kappa shape index (κ3) is 66.1. The van der Waals surface area contributed by atoms with Gasteiger partial charge in [-0.25, -0.2) is 0 Å². The first kappa shape index (κ1) is 67.1. The largest absolute Gasteiger partial charge is 0.0991 e. The molecule has 0 aliphatic carbocycles. The molecule has 0 bridgehead atoms. The predicted octanol–water partition coefficient (Wildman–Crippen LogP) is 21.8. The van der Waals surface area contributed by atoms with Crippen LogP contribution >= 0.6 is 0 Å². The zero-order valence-electron chi connectivity index (χ0n) is 45.0. The van der Waals surface area contributed by atoms with E-state index in [4.69, 9.17) is 0 Å². The number of allylic oxidation sites excluding steroid dienone is 75. The SMILES string of the molecule is C=CC=CC=CC=CC=CC=CC=CC=CC=CC=CC=CC=CC=CC=CC=CC=CC=CC=CC=CC=CC=CC=CC=CC=CC=CC=CC=CC=CC=CC=CC=CC=CC=CC=CC=CC=CC=CC=CC. The van der Waals surface area contributed by atoms with Crippen molar-refractivity contribution >= 4 is 0 Å². The Morgan fingerprint density at radius 2 is 0.169 bits per heavy atom. The summed E-state index contributed by atoms with van der Waals surface area (Å²) in [6.07, 6.45) is 149. The van der Waals surface area contributed by atoms with Crippen molar-refractivity contribution in [3.63, 3.8) is 0 Å². The summed E-state index contributed by atoms with van der Waals surface area (Å²) >= 11 is 0. The van der Waals surface area contributed by atoms with Crippen LogP contribution in [0, 0.1) is 0 Å². The van der Waals surface area contributed by atoms with Crippen molar-refractivity contribution in [2.45, 2.75) is 6.92 Å². The molecule has 0 atom stereocenters. The molecule has 0 N–H and O–H groups in total. The first-order chi connectivity index (χ1) is 38.4. The zero-order valence-corrected chi connectivity index (χ0v) is 45.0. The van der Waals surface area contributed by atoms with E-state index in [1.165, 1.54) is 0 Å². The van der Waals surface area contributed by atoms with Gasteiger partial charge in [0.05, 0.1) is 0 Å². The molecule has 0 aromatic heterocycles. The lowest BCUT2D eigenvalue weighted by atomic mass is 10.3. The van der Waals surface area contributed by atoms with E-state index in [1.807, 2.05) is 457 Å². The molecular formula is C77H80. The predicted molar refractivity (Wildman–Crippen MR) is 354 cm³/mol. The van der Waals surface area contributed by atoms with Gasteiger partial charge in [-0.3, -0.25) is 0 Å². The van der Waals surface area contributed by atoms with Crippen LogP contribution < -0.4 is 0 Å². The molecule has 0 saturated carbocycles. The molecule has 0 aromatic rings. The molecule has 0 aliphatic rings. The molecule has 0 heterocycles. The maximum Gasteiger partial charge on any atom is -0.0467 e. The Kier molecular flexibility index (Phi) is 57.6. The molecule has 0 amide bonds. The maximum absolute atomic E-state index is 3.63. The second kappa shape index (κ2) is 66.1. The first-order valence-electron chi connectivity index (χ1n) is 25.7. The summed E-state index contributed by atoms with van der Waals surface area (Å²) in [7, 11) is 0. The molecule has 0 nitrogen and oxygen atoms in total. The highest BCUT2D eigenvalue weighted by Gasteiger charge is 1.71. The minimum atomic E-state index is 1.75. The quantitative estimate of drug-likeness (QED) is 0.0544. The van der Waals surface area contributed by atoms with Gasteiger partial charge in [0.2, 0.25) is 0 Å². The van der Waals surface area contributed by atoms with Gasteiger partial charge in [-0.15, -0.1) is 0 Å². The summed E-state index contributed by atoms with van der Waals surface area (Å²) < 4.78 is 0. The third-order valence-corrected chi connectivity index (χ3v) is 8.33. The Bertz CT molecular complexity index is 2690. The van der Waals surface area contributed by atoms with Gasteiger partial charge in [-0.2, -0.15) is 0 Å². The Morgan fingerprint density at radius 1 is 0.104 bits per heavy atom. The van der Waals surface area contributed by atoms with Gasteiger partial charge in [-0.05, 0) is 6.92 Å². The summed E-state index contributed by atoms with van der Waals surface area (Å²) in [6, 6.07) is 0. The van der Waals surface area contributed by atoms with Gasteiger partial charge in [0.25, 0.3) is 0 Å². The van der Waals surface area contributed by atoms with Gasteiger partial charge >= 0.3 is 0 Å². The van der Waals surface area contributed by atoms with Crippen molar-refractivity contribution in [3.8, 4) is 0 Å². The monoisotopic (exact) mass is 1000 g/mol. The van der Waals surface area contributed by atoms with Gasteiger partial charge in [0.1, 0.15) is 0 Å². The summed E-state index contributed by atoms with van der Waals surface area (Å²) in [4.78, 5) is 0. The van der Waals surface area contributed by atoms with Crippen molar-refractivity contribution in [2.75, 3.05) is 0 Å². The Labute approximate surface area is 466 Å². The standard InChI is InChI=1S/C77H80/c1-3-5-7-9-11-13-15-17-19-21-23-25-27-29-31-33-35-37-39-41-43-45-47-49-51-53-55-57-59-61-63-65-67-69-71-73-75-77-76-74-72-70-68-66-64-62-60-58-56-54-52-50-48-46-44-42-40-38-36-34-32-30-28-26-24-22-20-18-16-14-12-10-8-6-4-2/h3-77H,1H2,2H3.